The molecule has 0 spiro atoms. The Labute approximate surface area is 154 Å². The van der Waals surface area contributed by atoms with Crippen molar-refractivity contribution < 1.29 is 0 Å². The largest absolute Gasteiger partial charge is 0.356 e. The van der Waals surface area contributed by atoms with E-state index in [1.807, 2.05) is 7.05 Å². The van der Waals surface area contributed by atoms with Crippen molar-refractivity contribution in [2.75, 3.05) is 53.4 Å². The molecule has 0 aliphatic carbocycles. The van der Waals surface area contributed by atoms with Crippen LogP contribution in [0.2, 0.25) is 0 Å². The molecular formula is C16H36IN5. The molecule has 0 bridgehead atoms. The van der Waals surface area contributed by atoms with Gasteiger partial charge in [0.2, 0.25) is 0 Å². The van der Waals surface area contributed by atoms with Gasteiger partial charge in [-0.3, -0.25) is 4.99 Å². The van der Waals surface area contributed by atoms with E-state index in [0.29, 0.717) is 0 Å². The van der Waals surface area contributed by atoms with Gasteiger partial charge in [-0.1, -0.05) is 13.3 Å². The number of likely N-dealkylation sites (N-methyl/N-ethyl adjacent to an activating group) is 1. The number of piperidine rings is 1. The lowest BCUT2D eigenvalue weighted by Gasteiger charge is -2.33. The molecule has 0 aromatic heterocycles. The first-order chi connectivity index (χ1) is 10.2. The minimum atomic E-state index is 0. The van der Waals surface area contributed by atoms with Crippen molar-refractivity contribution in [3.05, 3.63) is 0 Å². The molecule has 0 radical (unpaired) electrons. The number of hydrogen-bond acceptors (Lipinski definition) is 3. The number of hydrogen-bond donors (Lipinski definition) is 2. The standard InChI is InChI=1S/C16H35N5.HI/c1-5-20(4)14-11-19-16(17-3)18-10-8-13-21-12-7-6-9-15(21)2;/h15H,5-14H2,1-4H3,(H2,17,18,19);1H. The van der Waals surface area contributed by atoms with E-state index in [1.165, 1.54) is 38.8 Å². The van der Waals surface area contributed by atoms with Gasteiger partial charge in [0.25, 0.3) is 0 Å². The van der Waals surface area contributed by atoms with E-state index in [-0.39, 0.29) is 24.0 Å². The summed E-state index contributed by atoms with van der Waals surface area (Å²) < 4.78 is 0. The van der Waals surface area contributed by atoms with Crippen LogP contribution in [0.15, 0.2) is 4.99 Å². The van der Waals surface area contributed by atoms with Crippen LogP contribution in [0.1, 0.15) is 39.5 Å². The Balaban J connectivity index is 0.00000441. The number of guanidine groups is 1. The molecule has 1 fully saturated rings. The Kier molecular flexibility index (Phi) is 13.3. The zero-order valence-electron chi connectivity index (χ0n) is 14.9. The molecule has 1 unspecified atom stereocenters. The number of halogens is 1. The molecule has 1 saturated heterocycles. The molecule has 0 aromatic carbocycles. The van der Waals surface area contributed by atoms with Crippen LogP contribution in [-0.2, 0) is 0 Å². The summed E-state index contributed by atoms with van der Waals surface area (Å²) in [5.74, 6) is 0.922. The van der Waals surface area contributed by atoms with E-state index in [4.69, 9.17) is 0 Å². The minimum absolute atomic E-state index is 0. The highest BCUT2D eigenvalue weighted by molar-refractivity contribution is 14.0. The van der Waals surface area contributed by atoms with Gasteiger partial charge >= 0.3 is 0 Å². The van der Waals surface area contributed by atoms with Gasteiger partial charge in [-0.05, 0) is 46.3 Å². The molecule has 1 rings (SSSR count). The molecule has 6 heteroatoms. The fraction of sp³-hybridized carbons (Fsp3) is 0.938. The van der Waals surface area contributed by atoms with Crippen molar-refractivity contribution in [3.8, 4) is 0 Å². The van der Waals surface area contributed by atoms with Crippen LogP contribution in [-0.4, -0.2) is 75.2 Å². The summed E-state index contributed by atoms with van der Waals surface area (Å²) in [6.45, 7) is 11.1. The lowest BCUT2D eigenvalue weighted by molar-refractivity contribution is 0.159. The van der Waals surface area contributed by atoms with Crippen LogP contribution >= 0.6 is 24.0 Å². The van der Waals surface area contributed by atoms with E-state index in [0.717, 1.165) is 38.2 Å². The van der Waals surface area contributed by atoms with Crippen LogP contribution < -0.4 is 10.6 Å². The molecule has 132 valence electrons. The number of nitrogens with one attached hydrogen (secondary N) is 2. The third-order valence-electron chi connectivity index (χ3n) is 4.40. The predicted molar refractivity (Wildman–Crippen MR) is 107 cm³/mol. The monoisotopic (exact) mass is 425 g/mol. The second-order valence-corrected chi connectivity index (χ2v) is 6.06. The average Bonchev–Trinajstić information content (AvgIpc) is 2.51. The van der Waals surface area contributed by atoms with Gasteiger partial charge in [0.15, 0.2) is 5.96 Å². The summed E-state index contributed by atoms with van der Waals surface area (Å²) in [4.78, 5) is 9.18. The molecule has 0 amide bonds. The summed E-state index contributed by atoms with van der Waals surface area (Å²) in [6, 6.07) is 0.765. The van der Waals surface area contributed by atoms with Gasteiger partial charge in [-0.15, -0.1) is 24.0 Å². The SMILES string of the molecule is CCN(C)CCNC(=NC)NCCCN1CCCCC1C.I. The van der Waals surface area contributed by atoms with Gasteiger partial charge in [0.1, 0.15) is 0 Å². The Morgan fingerprint density at radius 1 is 1.27 bits per heavy atom. The molecule has 5 nitrogen and oxygen atoms in total. The van der Waals surface area contributed by atoms with Crippen molar-refractivity contribution in [1.29, 1.82) is 0 Å². The lowest BCUT2D eigenvalue weighted by atomic mass is 10.0. The maximum atomic E-state index is 4.27. The molecule has 0 saturated carbocycles. The summed E-state index contributed by atoms with van der Waals surface area (Å²) in [6.07, 6.45) is 5.31. The average molecular weight is 425 g/mol. The Morgan fingerprint density at radius 3 is 2.64 bits per heavy atom. The molecule has 1 aliphatic rings. The first-order valence-electron chi connectivity index (χ1n) is 8.54. The topological polar surface area (TPSA) is 42.9 Å². The summed E-state index contributed by atoms with van der Waals surface area (Å²) in [5.41, 5.74) is 0. The number of likely N-dealkylation sites (tertiary alicyclic amines) is 1. The Bertz CT molecular complexity index is 298. The summed E-state index contributed by atoms with van der Waals surface area (Å²) in [7, 11) is 3.98. The van der Waals surface area contributed by atoms with Crippen molar-refractivity contribution in [3.63, 3.8) is 0 Å². The van der Waals surface area contributed by atoms with E-state index in [2.05, 4.69) is 46.3 Å². The van der Waals surface area contributed by atoms with Crippen molar-refractivity contribution in [1.82, 2.24) is 20.4 Å². The van der Waals surface area contributed by atoms with Gasteiger partial charge in [-0.2, -0.15) is 0 Å². The van der Waals surface area contributed by atoms with Crippen molar-refractivity contribution in [2.45, 2.75) is 45.6 Å². The van der Waals surface area contributed by atoms with Crippen LogP contribution in [0.25, 0.3) is 0 Å². The first-order valence-corrected chi connectivity index (χ1v) is 8.54. The van der Waals surface area contributed by atoms with Crippen LogP contribution in [0, 0.1) is 0 Å². The second-order valence-electron chi connectivity index (χ2n) is 6.06. The molecule has 2 N–H and O–H groups in total. The van der Waals surface area contributed by atoms with E-state index in [9.17, 15) is 0 Å². The molecule has 1 heterocycles. The smallest absolute Gasteiger partial charge is 0.191 e. The first kappa shape index (κ1) is 21.9. The fourth-order valence-corrected chi connectivity index (χ4v) is 2.72. The van der Waals surface area contributed by atoms with Gasteiger partial charge in [0.05, 0.1) is 0 Å². The van der Waals surface area contributed by atoms with Crippen LogP contribution in [0.4, 0.5) is 0 Å². The Morgan fingerprint density at radius 2 is 2.00 bits per heavy atom. The third-order valence-corrected chi connectivity index (χ3v) is 4.40. The quantitative estimate of drug-likeness (QED) is 0.270. The molecular weight excluding hydrogens is 389 g/mol. The molecule has 22 heavy (non-hydrogen) atoms. The Hall–Kier alpha value is -0.0800. The zero-order valence-corrected chi connectivity index (χ0v) is 17.2. The molecule has 1 atom stereocenters. The van der Waals surface area contributed by atoms with Crippen LogP contribution in [0.5, 0.6) is 0 Å². The predicted octanol–water partition coefficient (Wildman–Crippen LogP) is 1.99. The second kappa shape index (κ2) is 13.4. The molecule has 0 aromatic rings. The van der Waals surface area contributed by atoms with Crippen molar-refractivity contribution in [2.24, 2.45) is 4.99 Å². The number of rotatable bonds is 8. The van der Waals surface area contributed by atoms with Crippen molar-refractivity contribution >= 4 is 29.9 Å². The highest BCUT2D eigenvalue weighted by Gasteiger charge is 2.16. The van der Waals surface area contributed by atoms with Gasteiger partial charge < -0.3 is 20.4 Å². The van der Waals surface area contributed by atoms with Crippen LogP contribution in [0.3, 0.4) is 0 Å². The minimum Gasteiger partial charge on any atom is -0.356 e. The summed E-state index contributed by atoms with van der Waals surface area (Å²) >= 11 is 0. The van der Waals surface area contributed by atoms with E-state index in [1.54, 1.807) is 0 Å². The maximum Gasteiger partial charge on any atom is 0.191 e. The highest BCUT2D eigenvalue weighted by atomic mass is 127. The van der Waals surface area contributed by atoms with E-state index >= 15 is 0 Å². The third kappa shape index (κ3) is 9.15. The number of aliphatic imine (C=N–C) groups is 1. The lowest BCUT2D eigenvalue weighted by Crippen LogP contribution is -2.43. The van der Waals surface area contributed by atoms with E-state index < -0.39 is 0 Å². The fourth-order valence-electron chi connectivity index (χ4n) is 2.72. The maximum absolute atomic E-state index is 4.27. The van der Waals surface area contributed by atoms with Gasteiger partial charge in [0, 0.05) is 39.3 Å². The van der Waals surface area contributed by atoms with Gasteiger partial charge in [-0.25, -0.2) is 0 Å². The normalized spacial score (nSPS) is 19.9. The molecule has 1 aliphatic heterocycles. The summed E-state index contributed by atoms with van der Waals surface area (Å²) in [5, 5.41) is 6.77. The number of nitrogens with zero attached hydrogens (tertiary/aromatic N) is 3. The highest BCUT2D eigenvalue weighted by Crippen LogP contribution is 2.15. The zero-order chi connectivity index (χ0) is 15.5.